The number of hydrogen-bond donors (Lipinski definition) is 1. The molecular weight excluding hydrogens is 258 g/mol. The number of aromatic nitrogens is 2. The Morgan fingerprint density at radius 3 is 2.73 bits per heavy atom. The first kappa shape index (κ1) is 10.0. The van der Waals surface area contributed by atoms with E-state index in [1.54, 1.807) is 6.20 Å². The minimum Gasteiger partial charge on any atom is -0.411 e. The van der Waals surface area contributed by atoms with Crippen LogP contribution in [0.5, 0.6) is 0 Å². The summed E-state index contributed by atoms with van der Waals surface area (Å²) >= 11 is 3.22. The first-order chi connectivity index (χ1) is 7.35. The van der Waals surface area contributed by atoms with E-state index < -0.39 is 0 Å². The molecule has 2 aromatic rings. The smallest absolute Gasteiger partial charge is 0.117 e. The van der Waals surface area contributed by atoms with E-state index in [1.807, 2.05) is 24.3 Å². The van der Waals surface area contributed by atoms with Gasteiger partial charge in [-0.1, -0.05) is 33.2 Å². The van der Waals surface area contributed by atoms with E-state index in [-0.39, 0.29) is 0 Å². The van der Waals surface area contributed by atoms with Crippen LogP contribution in [-0.2, 0) is 0 Å². The lowest BCUT2D eigenvalue weighted by Crippen LogP contribution is -2.06. The number of halogens is 1. The Hall–Kier alpha value is -1.49. The molecule has 0 amide bonds. The van der Waals surface area contributed by atoms with E-state index in [2.05, 4.69) is 31.1 Å². The van der Waals surface area contributed by atoms with Crippen LogP contribution in [0.3, 0.4) is 0 Å². The SMILES string of the molecule is ON=C(CBr)c1cnc2ccccc2n1. The van der Waals surface area contributed by atoms with Crippen molar-refractivity contribution in [2.24, 2.45) is 5.16 Å². The maximum atomic E-state index is 8.74. The maximum absolute atomic E-state index is 8.74. The highest BCUT2D eigenvalue weighted by molar-refractivity contribution is 9.09. The Kier molecular flexibility index (Phi) is 2.91. The number of oxime groups is 1. The third-order valence-corrected chi connectivity index (χ3v) is 2.52. The van der Waals surface area contributed by atoms with Gasteiger partial charge in [-0.25, -0.2) is 4.98 Å². The van der Waals surface area contributed by atoms with Crippen molar-refractivity contribution >= 4 is 32.7 Å². The molecule has 0 fully saturated rings. The van der Waals surface area contributed by atoms with Crippen molar-refractivity contribution in [3.05, 3.63) is 36.2 Å². The van der Waals surface area contributed by atoms with Crippen LogP contribution < -0.4 is 0 Å². The molecule has 0 saturated carbocycles. The normalized spacial score (nSPS) is 11.9. The van der Waals surface area contributed by atoms with E-state index in [4.69, 9.17) is 5.21 Å². The molecule has 0 saturated heterocycles. The van der Waals surface area contributed by atoms with Crippen LogP contribution in [0.4, 0.5) is 0 Å². The minimum atomic E-state index is 0.441. The number of alkyl halides is 1. The fraction of sp³-hybridized carbons (Fsp3) is 0.100. The average Bonchev–Trinajstić information content (AvgIpc) is 2.30. The predicted octanol–water partition coefficient (Wildman–Crippen LogP) is 2.20. The largest absolute Gasteiger partial charge is 0.411 e. The van der Waals surface area contributed by atoms with Crippen molar-refractivity contribution in [3.8, 4) is 0 Å². The van der Waals surface area contributed by atoms with E-state index in [0.29, 0.717) is 16.7 Å². The molecule has 2 rings (SSSR count). The number of benzene rings is 1. The number of rotatable bonds is 2. The summed E-state index contributed by atoms with van der Waals surface area (Å²) in [6, 6.07) is 7.55. The summed E-state index contributed by atoms with van der Waals surface area (Å²) in [6.07, 6.45) is 1.60. The number of fused-ring (bicyclic) bond motifs is 1. The van der Waals surface area contributed by atoms with Gasteiger partial charge in [0.15, 0.2) is 0 Å². The van der Waals surface area contributed by atoms with E-state index in [1.165, 1.54) is 0 Å². The van der Waals surface area contributed by atoms with Crippen molar-refractivity contribution in [3.63, 3.8) is 0 Å². The topological polar surface area (TPSA) is 58.4 Å². The van der Waals surface area contributed by atoms with Gasteiger partial charge in [-0.2, -0.15) is 0 Å². The summed E-state index contributed by atoms with van der Waals surface area (Å²) < 4.78 is 0. The zero-order chi connectivity index (χ0) is 10.7. The Labute approximate surface area is 94.8 Å². The molecule has 0 aliphatic carbocycles. The van der Waals surface area contributed by atoms with E-state index in [0.717, 1.165) is 11.0 Å². The van der Waals surface area contributed by atoms with Crippen LogP contribution in [-0.4, -0.2) is 26.2 Å². The molecule has 1 heterocycles. The lowest BCUT2D eigenvalue weighted by Gasteiger charge is -2.01. The second kappa shape index (κ2) is 4.35. The highest BCUT2D eigenvalue weighted by Gasteiger charge is 2.05. The third kappa shape index (κ3) is 1.97. The molecule has 1 aromatic heterocycles. The Bertz CT molecular complexity index is 513. The Balaban J connectivity index is 2.56. The number of nitrogens with zero attached hydrogens (tertiary/aromatic N) is 3. The van der Waals surface area contributed by atoms with Gasteiger partial charge >= 0.3 is 0 Å². The van der Waals surface area contributed by atoms with Gasteiger partial charge in [0.25, 0.3) is 0 Å². The molecule has 0 radical (unpaired) electrons. The van der Waals surface area contributed by atoms with Gasteiger partial charge in [0.1, 0.15) is 11.4 Å². The maximum Gasteiger partial charge on any atom is 0.117 e. The quantitative estimate of drug-likeness (QED) is 0.392. The van der Waals surface area contributed by atoms with Crippen molar-refractivity contribution in [2.75, 3.05) is 5.33 Å². The molecule has 0 unspecified atom stereocenters. The lowest BCUT2D eigenvalue weighted by molar-refractivity contribution is 0.319. The van der Waals surface area contributed by atoms with E-state index >= 15 is 0 Å². The van der Waals surface area contributed by atoms with E-state index in [9.17, 15) is 0 Å². The van der Waals surface area contributed by atoms with Crippen molar-refractivity contribution < 1.29 is 5.21 Å². The van der Waals surface area contributed by atoms with Gasteiger partial charge in [-0.05, 0) is 12.1 Å². The fourth-order valence-electron chi connectivity index (χ4n) is 1.24. The summed E-state index contributed by atoms with van der Waals surface area (Å²) in [5, 5.41) is 12.3. The van der Waals surface area contributed by atoms with Crippen LogP contribution in [0, 0.1) is 0 Å². The standard InChI is InChI=1S/C10H8BrN3O/c11-5-9(14-15)10-6-12-7-3-1-2-4-8(7)13-10/h1-4,6,15H,5H2. The molecule has 1 aromatic carbocycles. The van der Waals surface area contributed by atoms with Crippen LogP contribution in [0.15, 0.2) is 35.6 Å². The molecule has 76 valence electrons. The number of para-hydroxylation sites is 2. The van der Waals surface area contributed by atoms with Gasteiger partial charge in [0.05, 0.1) is 22.6 Å². The zero-order valence-corrected chi connectivity index (χ0v) is 9.35. The monoisotopic (exact) mass is 265 g/mol. The molecular formula is C10H8BrN3O. The molecule has 0 spiro atoms. The fourth-order valence-corrected chi connectivity index (χ4v) is 1.64. The first-order valence-electron chi connectivity index (χ1n) is 4.34. The highest BCUT2D eigenvalue weighted by atomic mass is 79.9. The van der Waals surface area contributed by atoms with Crippen LogP contribution in [0.1, 0.15) is 5.69 Å². The summed E-state index contributed by atoms with van der Waals surface area (Å²) in [6.45, 7) is 0. The van der Waals surface area contributed by atoms with Gasteiger partial charge in [0.2, 0.25) is 0 Å². The second-order valence-electron chi connectivity index (χ2n) is 2.92. The second-order valence-corrected chi connectivity index (χ2v) is 3.49. The summed E-state index contributed by atoms with van der Waals surface area (Å²) in [4.78, 5) is 8.56. The lowest BCUT2D eigenvalue weighted by atomic mass is 10.2. The minimum absolute atomic E-state index is 0.441. The molecule has 0 atom stereocenters. The summed E-state index contributed by atoms with van der Waals surface area (Å²) in [5.41, 5.74) is 2.66. The average molecular weight is 266 g/mol. The predicted molar refractivity (Wildman–Crippen MR) is 61.7 cm³/mol. The first-order valence-corrected chi connectivity index (χ1v) is 5.46. The summed E-state index contributed by atoms with van der Waals surface area (Å²) in [5.74, 6) is 0. The van der Waals surface area contributed by atoms with Crippen LogP contribution in [0.25, 0.3) is 11.0 Å². The van der Waals surface area contributed by atoms with Crippen molar-refractivity contribution in [1.29, 1.82) is 0 Å². The molecule has 4 nitrogen and oxygen atoms in total. The van der Waals surface area contributed by atoms with Crippen molar-refractivity contribution in [1.82, 2.24) is 9.97 Å². The van der Waals surface area contributed by atoms with Gasteiger partial charge in [0, 0.05) is 0 Å². The van der Waals surface area contributed by atoms with Crippen molar-refractivity contribution in [2.45, 2.75) is 0 Å². The zero-order valence-electron chi connectivity index (χ0n) is 7.76. The highest BCUT2D eigenvalue weighted by Crippen LogP contribution is 2.09. The van der Waals surface area contributed by atoms with Gasteiger partial charge < -0.3 is 5.21 Å². The Morgan fingerprint density at radius 2 is 2.07 bits per heavy atom. The molecule has 5 heteroatoms. The number of hydrogen-bond acceptors (Lipinski definition) is 4. The van der Waals surface area contributed by atoms with Crippen LogP contribution in [0.2, 0.25) is 0 Å². The molecule has 15 heavy (non-hydrogen) atoms. The third-order valence-electron chi connectivity index (χ3n) is 1.99. The molecule has 1 N–H and O–H groups in total. The Morgan fingerprint density at radius 1 is 1.33 bits per heavy atom. The molecule has 0 bridgehead atoms. The van der Waals surface area contributed by atoms with Gasteiger partial charge in [-0.15, -0.1) is 0 Å². The summed E-state index contributed by atoms with van der Waals surface area (Å²) in [7, 11) is 0. The molecule has 0 aliphatic heterocycles. The molecule has 0 aliphatic rings. The van der Waals surface area contributed by atoms with Crippen LogP contribution >= 0.6 is 15.9 Å². The van der Waals surface area contributed by atoms with Gasteiger partial charge in [-0.3, -0.25) is 4.98 Å².